The first kappa shape index (κ1) is 18.8. The van der Waals surface area contributed by atoms with Crippen LogP contribution in [0.2, 0.25) is 0 Å². The Kier molecular flexibility index (Phi) is 5.66. The molecule has 1 fully saturated rings. The van der Waals surface area contributed by atoms with Crippen molar-refractivity contribution in [2.75, 3.05) is 27.2 Å². The van der Waals surface area contributed by atoms with E-state index in [0.717, 1.165) is 6.54 Å². The molecule has 0 radical (unpaired) electrons. The molecular weight excluding hydrogens is 342 g/mol. The van der Waals surface area contributed by atoms with E-state index < -0.39 is 17.7 Å². The molecule has 140 valence electrons. The summed E-state index contributed by atoms with van der Waals surface area (Å²) in [4.78, 5) is 33.4. The van der Waals surface area contributed by atoms with Crippen LogP contribution < -0.4 is 0 Å². The van der Waals surface area contributed by atoms with E-state index >= 15 is 0 Å². The van der Waals surface area contributed by atoms with Gasteiger partial charge in [-0.05, 0) is 39.2 Å². The van der Waals surface area contributed by atoms with Gasteiger partial charge in [-0.2, -0.15) is 0 Å². The van der Waals surface area contributed by atoms with Gasteiger partial charge in [0.15, 0.2) is 0 Å². The minimum Gasteiger partial charge on any atom is -0.507 e. The van der Waals surface area contributed by atoms with Crippen molar-refractivity contribution in [1.82, 2.24) is 14.8 Å². The Hall–Kier alpha value is -2.99. The van der Waals surface area contributed by atoms with Gasteiger partial charge in [-0.25, -0.2) is 0 Å². The second-order valence-electron chi connectivity index (χ2n) is 6.77. The lowest BCUT2D eigenvalue weighted by molar-refractivity contribution is -0.140. The Labute approximate surface area is 158 Å². The Morgan fingerprint density at radius 2 is 1.81 bits per heavy atom. The van der Waals surface area contributed by atoms with Crippen molar-refractivity contribution in [3.8, 4) is 0 Å². The monoisotopic (exact) mass is 365 g/mol. The van der Waals surface area contributed by atoms with Gasteiger partial charge in [0.05, 0.1) is 11.3 Å². The fourth-order valence-electron chi connectivity index (χ4n) is 3.26. The second kappa shape index (κ2) is 8.14. The van der Waals surface area contributed by atoms with Gasteiger partial charge in [0.2, 0.25) is 0 Å². The summed E-state index contributed by atoms with van der Waals surface area (Å²) in [6, 6.07) is 13.5. The molecule has 1 aliphatic heterocycles. The van der Waals surface area contributed by atoms with E-state index in [0.29, 0.717) is 24.2 Å². The molecule has 27 heavy (non-hydrogen) atoms. The molecule has 1 saturated heterocycles. The van der Waals surface area contributed by atoms with Crippen molar-refractivity contribution >= 4 is 17.4 Å². The average molecular weight is 365 g/mol. The second-order valence-corrected chi connectivity index (χ2v) is 6.77. The smallest absolute Gasteiger partial charge is 0.295 e. The van der Waals surface area contributed by atoms with E-state index in [9.17, 15) is 14.7 Å². The van der Waals surface area contributed by atoms with Crippen LogP contribution in [0.15, 0.2) is 60.3 Å². The molecule has 1 N–H and O–H groups in total. The van der Waals surface area contributed by atoms with Gasteiger partial charge in [-0.1, -0.05) is 36.4 Å². The normalized spacial score (nSPS) is 19.1. The molecular formula is C21H23N3O3. The van der Waals surface area contributed by atoms with Crippen LogP contribution in [0.1, 0.15) is 23.7 Å². The van der Waals surface area contributed by atoms with Crippen LogP contribution in [0, 0.1) is 0 Å². The quantitative estimate of drug-likeness (QED) is 0.484. The maximum Gasteiger partial charge on any atom is 0.295 e. The highest BCUT2D eigenvalue weighted by Crippen LogP contribution is 2.38. The van der Waals surface area contributed by atoms with Gasteiger partial charge in [0, 0.05) is 18.3 Å². The topological polar surface area (TPSA) is 73.7 Å². The van der Waals surface area contributed by atoms with Crippen molar-refractivity contribution < 1.29 is 14.7 Å². The first-order valence-corrected chi connectivity index (χ1v) is 8.90. The van der Waals surface area contributed by atoms with Crippen LogP contribution in [0.4, 0.5) is 0 Å². The van der Waals surface area contributed by atoms with Gasteiger partial charge in [0.25, 0.3) is 11.7 Å². The number of carbonyl (C=O) groups excluding carboxylic acids is 2. The molecule has 6 heteroatoms. The number of rotatable bonds is 6. The van der Waals surface area contributed by atoms with E-state index in [1.54, 1.807) is 42.6 Å². The van der Waals surface area contributed by atoms with Crippen molar-refractivity contribution in [2.45, 2.75) is 12.5 Å². The van der Waals surface area contributed by atoms with Gasteiger partial charge in [0.1, 0.15) is 11.8 Å². The molecule has 0 saturated carbocycles. The summed E-state index contributed by atoms with van der Waals surface area (Å²) in [6.45, 7) is 1.20. The minimum atomic E-state index is -0.687. The predicted molar refractivity (Wildman–Crippen MR) is 103 cm³/mol. The number of benzene rings is 1. The number of aromatic nitrogens is 1. The zero-order valence-corrected chi connectivity index (χ0v) is 15.5. The first-order valence-electron chi connectivity index (χ1n) is 8.90. The largest absolute Gasteiger partial charge is 0.507 e. The number of ketones is 1. The fraction of sp³-hybridized carbons (Fsp3) is 0.286. The maximum atomic E-state index is 12.8. The molecule has 1 aromatic carbocycles. The SMILES string of the molecule is CN(C)CCCN1C(=O)C(=O)C(=C(O)c2ccccc2)[C@H]1c1ccccn1. The number of aliphatic hydroxyl groups excluding tert-OH is 1. The number of Topliss-reactive ketones (excluding diaryl/α,β-unsaturated/α-hetero) is 1. The minimum absolute atomic E-state index is 0.0924. The molecule has 2 heterocycles. The van der Waals surface area contributed by atoms with Crippen LogP contribution in [-0.4, -0.2) is 58.8 Å². The van der Waals surface area contributed by atoms with Crippen molar-refractivity contribution in [1.29, 1.82) is 0 Å². The molecule has 0 bridgehead atoms. The number of aliphatic hydroxyl groups is 1. The zero-order chi connectivity index (χ0) is 19.4. The highest BCUT2D eigenvalue weighted by atomic mass is 16.3. The van der Waals surface area contributed by atoms with E-state index in [1.807, 2.05) is 31.1 Å². The highest BCUT2D eigenvalue weighted by molar-refractivity contribution is 6.46. The highest BCUT2D eigenvalue weighted by Gasteiger charge is 2.46. The van der Waals surface area contributed by atoms with E-state index in [1.165, 1.54) is 4.90 Å². The van der Waals surface area contributed by atoms with Crippen LogP contribution in [-0.2, 0) is 9.59 Å². The van der Waals surface area contributed by atoms with E-state index in [-0.39, 0.29) is 11.3 Å². The molecule has 0 aliphatic carbocycles. The van der Waals surface area contributed by atoms with Crippen molar-refractivity contribution in [3.63, 3.8) is 0 Å². The van der Waals surface area contributed by atoms with Gasteiger partial charge in [-0.15, -0.1) is 0 Å². The first-order chi connectivity index (χ1) is 13.0. The fourth-order valence-corrected chi connectivity index (χ4v) is 3.26. The van der Waals surface area contributed by atoms with Gasteiger partial charge < -0.3 is 14.9 Å². The summed E-state index contributed by atoms with van der Waals surface area (Å²) in [6.07, 6.45) is 2.34. The van der Waals surface area contributed by atoms with Crippen LogP contribution in [0.3, 0.4) is 0 Å². The number of hydrogen-bond acceptors (Lipinski definition) is 5. The summed E-state index contributed by atoms with van der Waals surface area (Å²) in [7, 11) is 3.92. The maximum absolute atomic E-state index is 12.8. The summed E-state index contributed by atoms with van der Waals surface area (Å²) >= 11 is 0. The average Bonchev–Trinajstić information content (AvgIpc) is 2.93. The van der Waals surface area contributed by atoms with Crippen LogP contribution >= 0.6 is 0 Å². The van der Waals surface area contributed by atoms with Gasteiger partial charge >= 0.3 is 0 Å². The molecule has 1 amide bonds. The Balaban J connectivity index is 2.05. The third-order valence-corrected chi connectivity index (χ3v) is 4.56. The Morgan fingerprint density at radius 1 is 1.11 bits per heavy atom. The number of hydrogen-bond donors (Lipinski definition) is 1. The lowest BCUT2D eigenvalue weighted by Gasteiger charge is -2.25. The number of nitrogens with zero attached hydrogens (tertiary/aromatic N) is 3. The Bertz CT molecular complexity index is 847. The molecule has 1 atom stereocenters. The zero-order valence-electron chi connectivity index (χ0n) is 15.5. The molecule has 2 aromatic rings. The standard InChI is InChI=1S/C21H23N3O3/c1-23(2)13-8-14-24-18(16-11-6-7-12-22-16)17(20(26)21(24)27)19(25)15-9-4-3-5-10-15/h3-7,9-12,18,25H,8,13-14H2,1-2H3/t18-/m1/s1. The summed E-state index contributed by atoms with van der Waals surface area (Å²) in [5.41, 5.74) is 1.17. The lowest BCUT2D eigenvalue weighted by atomic mass is 9.98. The molecule has 3 rings (SSSR count). The molecule has 6 nitrogen and oxygen atoms in total. The van der Waals surface area contributed by atoms with E-state index in [2.05, 4.69) is 4.98 Å². The predicted octanol–water partition coefficient (Wildman–Crippen LogP) is 2.46. The number of pyridine rings is 1. The molecule has 1 aliphatic rings. The number of amides is 1. The van der Waals surface area contributed by atoms with Crippen molar-refractivity contribution in [2.24, 2.45) is 0 Å². The van der Waals surface area contributed by atoms with Crippen molar-refractivity contribution in [3.05, 3.63) is 71.6 Å². The molecule has 0 spiro atoms. The third-order valence-electron chi connectivity index (χ3n) is 4.56. The van der Waals surface area contributed by atoms with Crippen LogP contribution in [0.5, 0.6) is 0 Å². The summed E-state index contributed by atoms with van der Waals surface area (Å²) in [5, 5.41) is 10.8. The van der Waals surface area contributed by atoms with Crippen LogP contribution in [0.25, 0.3) is 5.76 Å². The summed E-state index contributed by atoms with van der Waals surface area (Å²) in [5.74, 6) is -1.43. The van der Waals surface area contributed by atoms with E-state index in [4.69, 9.17) is 0 Å². The number of likely N-dealkylation sites (tertiary alicyclic amines) is 1. The summed E-state index contributed by atoms with van der Waals surface area (Å²) < 4.78 is 0. The molecule has 0 unspecified atom stereocenters. The Morgan fingerprint density at radius 3 is 2.44 bits per heavy atom. The third kappa shape index (κ3) is 3.90. The molecule has 1 aromatic heterocycles. The lowest BCUT2D eigenvalue weighted by Crippen LogP contribution is -2.32. The number of carbonyl (C=O) groups is 2. The van der Waals surface area contributed by atoms with Gasteiger partial charge in [-0.3, -0.25) is 14.6 Å².